The van der Waals surface area contributed by atoms with Gasteiger partial charge in [0.1, 0.15) is 5.82 Å². The molecule has 1 amide bonds. The summed E-state index contributed by atoms with van der Waals surface area (Å²) in [6.07, 6.45) is 0. The van der Waals surface area contributed by atoms with Crippen molar-refractivity contribution in [2.45, 2.75) is 0 Å². The van der Waals surface area contributed by atoms with Crippen LogP contribution < -0.4 is 5.32 Å². The Morgan fingerprint density at radius 2 is 1.86 bits per heavy atom. The van der Waals surface area contributed by atoms with Gasteiger partial charge < -0.3 is 10.4 Å². The summed E-state index contributed by atoms with van der Waals surface area (Å²) in [6.45, 7) is 0. The van der Waals surface area contributed by atoms with E-state index in [1.54, 1.807) is 12.1 Å². The van der Waals surface area contributed by atoms with Crippen molar-refractivity contribution in [3.63, 3.8) is 0 Å². The lowest BCUT2D eigenvalue weighted by Crippen LogP contribution is -2.16. The smallest absolute Gasteiger partial charge is 0.337 e. The average Bonchev–Trinajstić information content (AvgIpc) is 2.41. The van der Waals surface area contributed by atoms with Crippen LogP contribution in [0.3, 0.4) is 0 Å². The number of carboxylic acid groups (broad SMARTS) is 1. The van der Waals surface area contributed by atoms with Crippen LogP contribution in [0.15, 0.2) is 36.4 Å². The van der Waals surface area contributed by atoms with E-state index in [2.05, 4.69) is 5.32 Å². The van der Waals surface area contributed by atoms with Crippen molar-refractivity contribution < 1.29 is 19.1 Å². The molecule has 0 aliphatic rings. The maximum atomic E-state index is 13.2. The molecule has 7 heteroatoms. The number of carbonyl (C=O) groups is 2. The highest BCUT2D eigenvalue weighted by atomic mass is 127. The minimum absolute atomic E-state index is 0.108. The molecule has 108 valence electrons. The first-order chi connectivity index (χ1) is 9.88. The molecule has 0 saturated heterocycles. The van der Waals surface area contributed by atoms with Crippen molar-refractivity contribution in [3.8, 4) is 0 Å². The van der Waals surface area contributed by atoms with Crippen LogP contribution in [0.5, 0.6) is 0 Å². The van der Waals surface area contributed by atoms with E-state index in [0.717, 1.165) is 18.2 Å². The minimum atomic E-state index is -1.26. The fourth-order valence-corrected chi connectivity index (χ4v) is 2.42. The van der Waals surface area contributed by atoms with Gasteiger partial charge in [-0.15, -0.1) is 0 Å². The summed E-state index contributed by atoms with van der Waals surface area (Å²) in [6, 6.07) is 7.81. The number of carboxylic acids is 1. The molecule has 2 aromatic rings. The monoisotopic (exact) mass is 419 g/mol. The molecule has 0 spiro atoms. The van der Waals surface area contributed by atoms with E-state index >= 15 is 0 Å². The molecule has 2 N–H and O–H groups in total. The molecule has 0 fully saturated rings. The molecule has 0 atom stereocenters. The van der Waals surface area contributed by atoms with Crippen molar-refractivity contribution in [1.82, 2.24) is 0 Å². The minimum Gasteiger partial charge on any atom is -0.478 e. The zero-order valence-electron chi connectivity index (χ0n) is 10.4. The van der Waals surface area contributed by atoms with Crippen LogP contribution in [0, 0.1) is 9.39 Å². The van der Waals surface area contributed by atoms with Crippen molar-refractivity contribution in [2.24, 2.45) is 0 Å². The van der Waals surface area contributed by atoms with Gasteiger partial charge in [0.2, 0.25) is 0 Å². The van der Waals surface area contributed by atoms with Gasteiger partial charge in [0.25, 0.3) is 5.91 Å². The van der Waals surface area contributed by atoms with Crippen LogP contribution in [0.1, 0.15) is 20.7 Å². The predicted octanol–water partition coefficient (Wildman–Crippen LogP) is 4.03. The predicted molar refractivity (Wildman–Crippen MR) is 85.5 cm³/mol. The van der Waals surface area contributed by atoms with Gasteiger partial charge in [-0.1, -0.05) is 11.6 Å². The third kappa shape index (κ3) is 3.70. The Kier molecular flexibility index (Phi) is 4.79. The molecule has 21 heavy (non-hydrogen) atoms. The maximum absolute atomic E-state index is 13.2. The Bertz CT molecular complexity index is 736. The molecule has 2 rings (SSSR count). The van der Waals surface area contributed by atoms with E-state index in [4.69, 9.17) is 16.7 Å². The SMILES string of the molecule is O=C(Nc1cc(F)ccc1C(=O)O)c1cc(Cl)ccc1I. The lowest BCUT2D eigenvalue weighted by molar-refractivity contribution is 0.0698. The van der Waals surface area contributed by atoms with Crippen molar-refractivity contribution in [1.29, 1.82) is 0 Å². The number of nitrogens with one attached hydrogen (secondary N) is 1. The lowest BCUT2D eigenvalue weighted by atomic mass is 10.1. The van der Waals surface area contributed by atoms with Crippen LogP contribution in [0.4, 0.5) is 10.1 Å². The van der Waals surface area contributed by atoms with Gasteiger partial charge >= 0.3 is 5.97 Å². The van der Waals surface area contributed by atoms with Crippen molar-refractivity contribution in [3.05, 3.63) is 61.9 Å². The number of benzene rings is 2. The Labute approximate surface area is 138 Å². The Morgan fingerprint density at radius 3 is 2.52 bits per heavy atom. The van der Waals surface area contributed by atoms with Gasteiger partial charge in [-0.2, -0.15) is 0 Å². The molecule has 0 saturated carbocycles. The maximum Gasteiger partial charge on any atom is 0.337 e. The quantitative estimate of drug-likeness (QED) is 0.738. The molecule has 0 heterocycles. The van der Waals surface area contributed by atoms with Crippen LogP contribution in [-0.2, 0) is 0 Å². The summed E-state index contributed by atoms with van der Waals surface area (Å²) in [5.74, 6) is -2.46. The second-order valence-electron chi connectivity index (χ2n) is 4.07. The van der Waals surface area contributed by atoms with Crippen LogP contribution in [0.2, 0.25) is 5.02 Å². The van der Waals surface area contributed by atoms with Gasteiger partial charge in [-0.25, -0.2) is 9.18 Å². The number of amides is 1. The van der Waals surface area contributed by atoms with Crippen LogP contribution in [-0.4, -0.2) is 17.0 Å². The van der Waals surface area contributed by atoms with E-state index in [1.807, 2.05) is 22.6 Å². The molecule has 4 nitrogen and oxygen atoms in total. The van der Waals surface area contributed by atoms with Crippen molar-refractivity contribution >= 4 is 51.8 Å². The fraction of sp³-hybridized carbons (Fsp3) is 0. The molecule has 0 aromatic heterocycles. The number of anilines is 1. The zero-order valence-corrected chi connectivity index (χ0v) is 13.3. The first-order valence-corrected chi connectivity index (χ1v) is 7.13. The van der Waals surface area contributed by atoms with Crippen LogP contribution in [0.25, 0.3) is 0 Å². The molecule has 0 radical (unpaired) electrons. The fourth-order valence-electron chi connectivity index (χ4n) is 1.67. The summed E-state index contributed by atoms with van der Waals surface area (Å²) in [5.41, 5.74) is -0.0197. The molecule has 0 unspecified atom stereocenters. The lowest BCUT2D eigenvalue weighted by Gasteiger charge is -2.10. The van der Waals surface area contributed by atoms with Gasteiger partial charge in [-0.05, 0) is 59.0 Å². The molecular weight excluding hydrogens is 412 g/mol. The number of rotatable bonds is 3. The summed E-state index contributed by atoms with van der Waals surface area (Å²) in [4.78, 5) is 23.3. The normalized spacial score (nSPS) is 10.2. The van der Waals surface area contributed by atoms with E-state index < -0.39 is 17.7 Å². The number of hydrogen-bond acceptors (Lipinski definition) is 2. The van der Waals surface area contributed by atoms with Crippen LogP contribution >= 0.6 is 34.2 Å². The average molecular weight is 420 g/mol. The Balaban J connectivity index is 2.38. The summed E-state index contributed by atoms with van der Waals surface area (Å²) in [5, 5.41) is 11.8. The first kappa shape index (κ1) is 15.7. The second kappa shape index (κ2) is 6.40. The van der Waals surface area contributed by atoms with E-state index in [-0.39, 0.29) is 16.8 Å². The number of halogens is 3. The highest BCUT2D eigenvalue weighted by molar-refractivity contribution is 14.1. The Hall–Kier alpha value is -1.67. The van der Waals surface area contributed by atoms with E-state index in [9.17, 15) is 14.0 Å². The number of hydrogen-bond donors (Lipinski definition) is 2. The highest BCUT2D eigenvalue weighted by Crippen LogP contribution is 2.22. The second-order valence-corrected chi connectivity index (χ2v) is 5.67. The molecule has 0 aliphatic carbocycles. The molecule has 2 aromatic carbocycles. The topological polar surface area (TPSA) is 66.4 Å². The number of carbonyl (C=O) groups excluding carboxylic acids is 1. The molecule has 0 aliphatic heterocycles. The standard InChI is InChI=1S/C14H8ClFINO3/c15-7-1-4-11(17)10(5-7)13(19)18-12-6-8(16)2-3-9(12)14(20)21/h1-6H,(H,18,19)(H,20,21). The first-order valence-electron chi connectivity index (χ1n) is 5.67. The molecule has 0 bridgehead atoms. The van der Waals surface area contributed by atoms with Gasteiger partial charge in [0.15, 0.2) is 0 Å². The summed E-state index contributed by atoms with van der Waals surface area (Å²) < 4.78 is 13.9. The summed E-state index contributed by atoms with van der Waals surface area (Å²) >= 11 is 7.79. The zero-order chi connectivity index (χ0) is 15.6. The summed E-state index contributed by atoms with van der Waals surface area (Å²) in [7, 11) is 0. The third-order valence-electron chi connectivity index (χ3n) is 2.63. The van der Waals surface area contributed by atoms with Gasteiger partial charge in [0.05, 0.1) is 16.8 Å². The highest BCUT2D eigenvalue weighted by Gasteiger charge is 2.16. The van der Waals surface area contributed by atoms with Gasteiger partial charge in [0, 0.05) is 8.59 Å². The molecular formula is C14H8ClFINO3. The van der Waals surface area contributed by atoms with Crippen molar-refractivity contribution in [2.75, 3.05) is 5.32 Å². The van der Waals surface area contributed by atoms with Gasteiger partial charge in [-0.3, -0.25) is 4.79 Å². The third-order valence-corrected chi connectivity index (χ3v) is 3.81. The van der Waals surface area contributed by atoms with E-state index in [0.29, 0.717) is 8.59 Å². The number of aromatic carboxylic acids is 1. The van der Waals surface area contributed by atoms with E-state index in [1.165, 1.54) is 6.07 Å². The Morgan fingerprint density at radius 1 is 1.14 bits per heavy atom. The largest absolute Gasteiger partial charge is 0.478 e.